The van der Waals surface area contributed by atoms with Gasteiger partial charge in [0.25, 0.3) is 0 Å². The highest BCUT2D eigenvalue weighted by atomic mass is 13.9. The van der Waals surface area contributed by atoms with Gasteiger partial charge >= 0.3 is 0 Å². The van der Waals surface area contributed by atoms with Gasteiger partial charge in [-0.2, -0.15) is 0 Å². The largest absolute Gasteiger partial charge is 0.0955 e. The zero-order valence-corrected chi connectivity index (χ0v) is 6.53. The van der Waals surface area contributed by atoms with E-state index >= 15 is 0 Å². The summed E-state index contributed by atoms with van der Waals surface area (Å²) < 4.78 is 0. The topological polar surface area (TPSA) is 0 Å². The molecule has 1 rings (SSSR count). The highest BCUT2D eigenvalue weighted by Crippen LogP contribution is 2.02. The number of rotatable bonds is 0. The van der Waals surface area contributed by atoms with Crippen molar-refractivity contribution in [3.05, 3.63) is 60.8 Å². The molecule has 11 heavy (non-hydrogen) atoms. The Kier molecular flexibility index (Phi) is 3.20. The first-order chi connectivity index (χ1) is 5.39. The van der Waals surface area contributed by atoms with Crippen LogP contribution in [0.2, 0.25) is 0 Å². The smallest absolute Gasteiger partial charge is 0.0100 e. The molecule has 0 aromatic rings. The van der Waals surface area contributed by atoms with Gasteiger partial charge in [-0.15, -0.1) is 0 Å². The van der Waals surface area contributed by atoms with E-state index < -0.39 is 0 Å². The van der Waals surface area contributed by atoms with E-state index in [2.05, 4.69) is 12.7 Å². The quantitative estimate of drug-likeness (QED) is 0.490. The molecule has 0 N–H and O–H groups in total. The number of hydrogen-bond acceptors (Lipinski definition) is 0. The summed E-state index contributed by atoms with van der Waals surface area (Å²) in [4.78, 5) is 0. The second-order valence-corrected chi connectivity index (χ2v) is 2.42. The van der Waals surface area contributed by atoms with Crippen LogP contribution in [-0.2, 0) is 0 Å². The van der Waals surface area contributed by atoms with Gasteiger partial charge in [-0.3, -0.25) is 0 Å². The Morgan fingerprint density at radius 3 is 2.36 bits per heavy atom. The molecule has 0 heterocycles. The van der Waals surface area contributed by atoms with Crippen LogP contribution in [0.25, 0.3) is 0 Å². The molecule has 0 heteroatoms. The van der Waals surface area contributed by atoms with Crippen LogP contribution >= 0.6 is 0 Å². The first-order valence-electron chi connectivity index (χ1n) is 3.74. The summed E-state index contributed by atoms with van der Waals surface area (Å²) in [6, 6.07) is 0. The van der Waals surface area contributed by atoms with E-state index in [9.17, 15) is 0 Å². The van der Waals surface area contributed by atoms with Gasteiger partial charge < -0.3 is 0 Å². The van der Waals surface area contributed by atoms with Crippen molar-refractivity contribution in [2.45, 2.75) is 6.42 Å². The van der Waals surface area contributed by atoms with E-state index in [1.54, 1.807) is 0 Å². The molecule has 0 atom stereocenters. The SMILES string of the molecule is C=C1/C=C/C=C\C=C\C=C/C1. The molecule has 0 unspecified atom stereocenters. The van der Waals surface area contributed by atoms with E-state index in [1.165, 1.54) is 0 Å². The molecular weight excluding hydrogens is 132 g/mol. The van der Waals surface area contributed by atoms with Crippen molar-refractivity contribution in [2.24, 2.45) is 0 Å². The summed E-state index contributed by atoms with van der Waals surface area (Å²) in [5, 5.41) is 0. The minimum Gasteiger partial charge on any atom is -0.0955 e. The monoisotopic (exact) mass is 144 g/mol. The molecule has 0 aromatic carbocycles. The van der Waals surface area contributed by atoms with E-state index in [-0.39, 0.29) is 0 Å². The first-order valence-corrected chi connectivity index (χ1v) is 3.74. The first kappa shape index (κ1) is 7.80. The standard InChI is InChI=1S/C11H12/c1-11-9-7-5-3-2-4-6-8-10-11/h2-9H,1,10H2/b4-2+,5-3-,8-6-,9-7+. The molecular formula is C11H12. The maximum absolute atomic E-state index is 3.89. The van der Waals surface area contributed by atoms with E-state index in [4.69, 9.17) is 0 Å². The molecule has 0 bridgehead atoms. The van der Waals surface area contributed by atoms with Gasteiger partial charge in [0.05, 0.1) is 0 Å². The summed E-state index contributed by atoms with van der Waals surface area (Å²) in [6.45, 7) is 3.89. The van der Waals surface area contributed by atoms with Crippen molar-refractivity contribution >= 4 is 0 Å². The van der Waals surface area contributed by atoms with Gasteiger partial charge in [0.1, 0.15) is 0 Å². The summed E-state index contributed by atoms with van der Waals surface area (Å²) in [7, 11) is 0. The molecule has 0 saturated heterocycles. The van der Waals surface area contributed by atoms with Crippen molar-refractivity contribution in [2.75, 3.05) is 0 Å². The van der Waals surface area contributed by atoms with Crippen molar-refractivity contribution < 1.29 is 0 Å². The lowest BCUT2D eigenvalue weighted by molar-refractivity contribution is 1.30. The van der Waals surface area contributed by atoms with Gasteiger partial charge in [0.15, 0.2) is 0 Å². The van der Waals surface area contributed by atoms with Crippen LogP contribution < -0.4 is 0 Å². The summed E-state index contributed by atoms with van der Waals surface area (Å²) in [6.07, 6.45) is 17.1. The van der Waals surface area contributed by atoms with Crippen molar-refractivity contribution in [1.82, 2.24) is 0 Å². The fourth-order valence-corrected chi connectivity index (χ4v) is 0.814. The highest BCUT2D eigenvalue weighted by Gasteiger charge is 1.81. The lowest BCUT2D eigenvalue weighted by atomic mass is 10.2. The molecule has 0 spiro atoms. The Morgan fingerprint density at radius 2 is 1.55 bits per heavy atom. The lowest BCUT2D eigenvalue weighted by Gasteiger charge is -1.91. The number of allylic oxidation sites excluding steroid dienone is 9. The second-order valence-electron chi connectivity index (χ2n) is 2.42. The Balaban J connectivity index is 2.69. The maximum Gasteiger partial charge on any atom is -0.0100 e. The van der Waals surface area contributed by atoms with Crippen LogP contribution in [0.15, 0.2) is 60.8 Å². The summed E-state index contributed by atoms with van der Waals surface area (Å²) in [5.74, 6) is 0. The van der Waals surface area contributed by atoms with Gasteiger partial charge in [-0.1, -0.05) is 60.8 Å². The van der Waals surface area contributed by atoms with E-state index in [1.807, 2.05) is 42.5 Å². The van der Waals surface area contributed by atoms with Crippen molar-refractivity contribution in [3.8, 4) is 0 Å². The Morgan fingerprint density at radius 1 is 0.909 bits per heavy atom. The predicted molar refractivity (Wildman–Crippen MR) is 50.3 cm³/mol. The van der Waals surface area contributed by atoms with E-state index in [0.717, 1.165) is 12.0 Å². The molecule has 0 aromatic heterocycles. The van der Waals surface area contributed by atoms with Crippen molar-refractivity contribution in [1.29, 1.82) is 0 Å². The Hall–Kier alpha value is -1.30. The van der Waals surface area contributed by atoms with Gasteiger partial charge in [-0.05, 0) is 6.42 Å². The van der Waals surface area contributed by atoms with E-state index in [0.29, 0.717) is 0 Å². The minimum absolute atomic E-state index is 0.939. The fourth-order valence-electron chi connectivity index (χ4n) is 0.814. The zero-order valence-electron chi connectivity index (χ0n) is 6.53. The third-order valence-corrected chi connectivity index (χ3v) is 1.40. The molecule has 56 valence electrons. The summed E-state index contributed by atoms with van der Waals surface area (Å²) in [5.41, 5.74) is 1.14. The zero-order chi connectivity index (χ0) is 7.94. The van der Waals surface area contributed by atoms with Crippen molar-refractivity contribution in [3.63, 3.8) is 0 Å². The average Bonchev–Trinajstić information content (AvgIpc) is 2.03. The third-order valence-electron chi connectivity index (χ3n) is 1.40. The fraction of sp³-hybridized carbons (Fsp3) is 0.0909. The van der Waals surface area contributed by atoms with Crippen LogP contribution in [0.4, 0.5) is 0 Å². The highest BCUT2D eigenvalue weighted by molar-refractivity contribution is 5.25. The van der Waals surface area contributed by atoms with Crippen LogP contribution in [0.5, 0.6) is 0 Å². The maximum atomic E-state index is 3.89. The van der Waals surface area contributed by atoms with Crippen LogP contribution in [0.1, 0.15) is 6.42 Å². The molecule has 1 aliphatic rings. The molecule has 0 fully saturated rings. The Labute approximate surface area is 67.9 Å². The molecule has 0 amide bonds. The van der Waals surface area contributed by atoms with Crippen LogP contribution in [0, 0.1) is 0 Å². The normalized spacial score (nSPS) is 28.9. The van der Waals surface area contributed by atoms with Crippen LogP contribution in [-0.4, -0.2) is 0 Å². The van der Waals surface area contributed by atoms with Crippen LogP contribution in [0.3, 0.4) is 0 Å². The van der Waals surface area contributed by atoms with Gasteiger partial charge in [0.2, 0.25) is 0 Å². The number of hydrogen-bond donors (Lipinski definition) is 0. The molecule has 0 aliphatic heterocycles. The molecule has 1 aliphatic carbocycles. The average molecular weight is 144 g/mol. The second kappa shape index (κ2) is 4.51. The summed E-state index contributed by atoms with van der Waals surface area (Å²) >= 11 is 0. The predicted octanol–water partition coefficient (Wildman–Crippen LogP) is 3.17. The molecule has 0 nitrogen and oxygen atoms in total. The molecule has 0 saturated carbocycles. The van der Waals surface area contributed by atoms with Gasteiger partial charge in [-0.25, -0.2) is 0 Å². The third kappa shape index (κ3) is 3.41. The minimum atomic E-state index is 0.939. The van der Waals surface area contributed by atoms with Gasteiger partial charge in [0, 0.05) is 0 Å². The Bertz CT molecular complexity index is 237. The molecule has 0 radical (unpaired) electrons. The lowest BCUT2D eigenvalue weighted by Crippen LogP contribution is -1.71.